The second-order valence-electron chi connectivity index (χ2n) is 5.11. The highest BCUT2D eigenvalue weighted by molar-refractivity contribution is 9.10. The Bertz CT molecular complexity index is 872. The van der Waals surface area contributed by atoms with Crippen molar-refractivity contribution in [2.45, 2.75) is 6.61 Å². The van der Waals surface area contributed by atoms with E-state index < -0.39 is 5.97 Å². The van der Waals surface area contributed by atoms with Gasteiger partial charge < -0.3 is 14.2 Å². The van der Waals surface area contributed by atoms with Crippen molar-refractivity contribution in [2.24, 2.45) is 0 Å². The molecule has 26 heavy (non-hydrogen) atoms. The molecule has 0 aliphatic rings. The number of hydrogen-bond donors (Lipinski definition) is 0. The van der Waals surface area contributed by atoms with Crippen LogP contribution in [0.1, 0.15) is 11.1 Å². The molecule has 0 atom stereocenters. The molecule has 0 aromatic heterocycles. The Kier molecular flexibility index (Phi) is 7.07. The van der Waals surface area contributed by atoms with Gasteiger partial charge in [0.15, 0.2) is 11.5 Å². The van der Waals surface area contributed by atoms with Gasteiger partial charge >= 0.3 is 5.97 Å². The third-order valence-electron chi connectivity index (χ3n) is 3.38. The standard InChI is InChI=1S/C19H15BrClNO4/c1-24-17-9-13(7-14(10-22)19(23)25-2)8-16(20)18(17)26-11-12-3-5-15(21)6-4-12/h3-9H,11H2,1-2H3/b14-7+. The van der Waals surface area contributed by atoms with Gasteiger partial charge in [-0.15, -0.1) is 0 Å². The minimum absolute atomic E-state index is 0.115. The van der Waals surface area contributed by atoms with Gasteiger partial charge in [-0.1, -0.05) is 23.7 Å². The molecular weight excluding hydrogens is 422 g/mol. The van der Waals surface area contributed by atoms with Gasteiger partial charge in [-0.25, -0.2) is 4.79 Å². The third-order valence-corrected chi connectivity index (χ3v) is 4.23. The lowest BCUT2D eigenvalue weighted by atomic mass is 10.1. The van der Waals surface area contributed by atoms with Crippen LogP contribution < -0.4 is 9.47 Å². The molecular formula is C19H15BrClNO4. The molecule has 0 heterocycles. The molecule has 0 aliphatic carbocycles. The first-order chi connectivity index (χ1) is 12.5. The van der Waals surface area contributed by atoms with Crippen LogP contribution in [-0.2, 0) is 16.1 Å². The first-order valence-electron chi connectivity index (χ1n) is 7.43. The number of rotatable bonds is 6. The average Bonchev–Trinajstić information content (AvgIpc) is 2.65. The maximum atomic E-state index is 11.5. The van der Waals surface area contributed by atoms with Gasteiger partial charge in [0.1, 0.15) is 18.2 Å². The first kappa shape index (κ1) is 19.8. The fraction of sp³-hybridized carbons (Fsp3) is 0.158. The highest BCUT2D eigenvalue weighted by atomic mass is 79.9. The van der Waals surface area contributed by atoms with Gasteiger partial charge in [0.05, 0.1) is 18.7 Å². The second kappa shape index (κ2) is 9.27. The van der Waals surface area contributed by atoms with Gasteiger partial charge in [-0.3, -0.25) is 0 Å². The largest absolute Gasteiger partial charge is 0.493 e. The van der Waals surface area contributed by atoms with Crippen molar-refractivity contribution < 1.29 is 19.0 Å². The molecule has 134 valence electrons. The van der Waals surface area contributed by atoms with Gasteiger partial charge in [0, 0.05) is 5.02 Å². The molecule has 0 saturated heterocycles. The van der Waals surface area contributed by atoms with E-state index in [-0.39, 0.29) is 5.57 Å². The molecule has 0 amide bonds. The van der Waals surface area contributed by atoms with Crippen LogP contribution in [0.2, 0.25) is 5.02 Å². The van der Waals surface area contributed by atoms with Crippen molar-refractivity contribution in [2.75, 3.05) is 14.2 Å². The number of halogens is 2. The lowest BCUT2D eigenvalue weighted by Crippen LogP contribution is -2.03. The van der Waals surface area contributed by atoms with Crippen LogP contribution in [0.25, 0.3) is 6.08 Å². The monoisotopic (exact) mass is 435 g/mol. The van der Waals surface area contributed by atoms with E-state index in [4.69, 9.17) is 26.3 Å². The number of carbonyl (C=O) groups excluding carboxylic acids is 1. The van der Waals surface area contributed by atoms with Crippen molar-refractivity contribution in [3.8, 4) is 17.6 Å². The Hall–Kier alpha value is -2.49. The van der Waals surface area contributed by atoms with E-state index in [1.54, 1.807) is 24.3 Å². The molecule has 0 radical (unpaired) electrons. The molecule has 2 aromatic rings. The number of esters is 1. The summed E-state index contributed by atoms with van der Waals surface area (Å²) in [5, 5.41) is 9.73. The Labute approximate surface area is 164 Å². The third kappa shape index (κ3) is 5.01. The fourth-order valence-corrected chi connectivity index (χ4v) is 2.81. The molecule has 7 heteroatoms. The molecule has 2 aromatic carbocycles. The SMILES string of the molecule is COC(=O)/C(C#N)=C/c1cc(Br)c(OCc2ccc(Cl)cc2)c(OC)c1. The topological polar surface area (TPSA) is 68.6 Å². The summed E-state index contributed by atoms with van der Waals surface area (Å²) in [5.41, 5.74) is 1.43. The Morgan fingerprint density at radius 3 is 2.54 bits per heavy atom. The van der Waals surface area contributed by atoms with Crippen molar-refractivity contribution in [3.63, 3.8) is 0 Å². The number of carbonyl (C=O) groups is 1. The van der Waals surface area contributed by atoms with E-state index in [2.05, 4.69) is 20.7 Å². The molecule has 0 aliphatic heterocycles. The molecule has 0 saturated carbocycles. The van der Waals surface area contributed by atoms with Gasteiger partial charge in [-0.2, -0.15) is 5.26 Å². The normalized spacial score (nSPS) is 10.8. The zero-order valence-corrected chi connectivity index (χ0v) is 16.4. The zero-order valence-electron chi connectivity index (χ0n) is 14.1. The number of ether oxygens (including phenoxy) is 3. The Balaban J connectivity index is 2.29. The highest BCUT2D eigenvalue weighted by Crippen LogP contribution is 2.37. The number of benzene rings is 2. The highest BCUT2D eigenvalue weighted by Gasteiger charge is 2.14. The summed E-state index contributed by atoms with van der Waals surface area (Å²) in [7, 11) is 2.73. The maximum Gasteiger partial charge on any atom is 0.348 e. The van der Waals surface area contributed by atoms with E-state index in [1.165, 1.54) is 20.3 Å². The van der Waals surface area contributed by atoms with Crippen LogP contribution in [0.15, 0.2) is 46.4 Å². The molecule has 2 rings (SSSR count). The Morgan fingerprint density at radius 2 is 1.96 bits per heavy atom. The minimum Gasteiger partial charge on any atom is -0.493 e. The second-order valence-corrected chi connectivity index (χ2v) is 6.40. The van der Waals surface area contributed by atoms with E-state index >= 15 is 0 Å². The van der Waals surface area contributed by atoms with Crippen molar-refractivity contribution in [1.29, 1.82) is 5.26 Å². The molecule has 0 bridgehead atoms. The van der Waals surface area contributed by atoms with Gasteiger partial charge in [0.2, 0.25) is 0 Å². The summed E-state index contributed by atoms with van der Waals surface area (Å²) in [6.07, 6.45) is 1.42. The average molecular weight is 437 g/mol. The lowest BCUT2D eigenvalue weighted by molar-refractivity contribution is -0.135. The number of nitrogens with zero attached hydrogens (tertiary/aromatic N) is 1. The molecule has 0 N–H and O–H groups in total. The van der Waals surface area contributed by atoms with Crippen LogP contribution in [0.5, 0.6) is 11.5 Å². The molecule has 0 unspecified atom stereocenters. The molecule has 0 fully saturated rings. The van der Waals surface area contributed by atoms with E-state index in [0.717, 1.165) is 5.56 Å². The van der Waals surface area contributed by atoms with Gasteiger partial charge in [-0.05, 0) is 57.4 Å². The molecule has 5 nitrogen and oxygen atoms in total. The van der Waals surface area contributed by atoms with Crippen LogP contribution in [-0.4, -0.2) is 20.2 Å². The van der Waals surface area contributed by atoms with E-state index in [9.17, 15) is 4.79 Å². The molecule has 0 spiro atoms. The number of methoxy groups -OCH3 is 2. The Morgan fingerprint density at radius 1 is 1.27 bits per heavy atom. The summed E-state index contributed by atoms with van der Waals surface area (Å²) in [6.45, 7) is 0.326. The van der Waals surface area contributed by atoms with Crippen molar-refractivity contribution in [1.82, 2.24) is 0 Å². The van der Waals surface area contributed by atoms with Crippen LogP contribution in [0.3, 0.4) is 0 Å². The van der Waals surface area contributed by atoms with Crippen LogP contribution >= 0.6 is 27.5 Å². The van der Waals surface area contributed by atoms with Crippen molar-refractivity contribution in [3.05, 3.63) is 62.6 Å². The predicted molar refractivity (Wildman–Crippen MR) is 102 cm³/mol. The summed E-state index contributed by atoms with van der Waals surface area (Å²) < 4.78 is 16.4. The smallest absolute Gasteiger partial charge is 0.348 e. The summed E-state index contributed by atoms with van der Waals surface area (Å²) in [5.74, 6) is 0.267. The first-order valence-corrected chi connectivity index (χ1v) is 8.60. The van der Waals surface area contributed by atoms with Crippen LogP contribution in [0.4, 0.5) is 0 Å². The summed E-state index contributed by atoms with van der Waals surface area (Å²) in [4.78, 5) is 11.5. The zero-order chi connectivity index (χ0) is 19.1. The fourth-order valence-electron chi connectivity index (χ4n) is 2.11. The van der Waals surface area contributed by atoms with Crippen molar-refractivity contribution >= 4 is 39.6 Å². The van der Waals surface area contributed by atoms with Crippen LogP contribution in [0, 0.1) is 11.3 Å². The predicted octanol–water partition coefficient (Wildman–Crippen LogP) is 4.77. The van der Waals surface area contributed by atoms with Gasteiger partial charge in [0.25, 0.3) is 0 Å². The summed E-state index contributed by atoms with van der Waals surface area (Å²) in [6, 6.07) is 12.5. The quantitative estimate of drug-likeness (QED) is 0.371. The summed E-state index contributed by atoms with van der Waals surface area (Å²) >= 11 is 9.31. The number of hydrogen-bond acceptors (Lipinski definition) is 5. The van der Waals surface area contributed by atoms with E-state index in [1.807, 2.05) is 18.2 Å². The number of nitriles is 1. The lowest BCUT2D eigenvalue weighted by Gasteiger charge is -2.14. The van der Waals surface area contributed by atoms with E-state index in [0.29, 0.717) is 33.2 Å². The minimum atomic E-state index is -0.703. The maximum absolute atomic E-state index is 11.5.